The molecule has 0 aliphatic heterocycles. The van der Waals surface area contributed by atoms with Crippen molar-refractivity contribution < 1.29 is 8.60 Å². The summed E-state index contributed by atoms with van der Waals surface area (Å²) in [6.45, 7) is 0. The van der Waals surface area contributed by atoms with Gasteiger partial charge in [-0.25, -0.2) is 9.37 Å². The maximum Gasteiger partial charge on any atom is 0.200 e. The highest BCUT2D eigenvalue weighted by Gasteiger charge is 2.15. The van der Waals surface area contributed by atoms with E-state index < -0.39 is 10.8 Å². The van der Waals surface area contributed by atoms with Crippen molar-refractivity contribution in [3.63, 3.8) is 0 Å². The molecule has 0 saturated heterocycles. The Hall–Kier alpha value is -2.52. The van der Waals surface area contributed by atoms with Gasteiger partial charge in [0.15, 0.2) is 5.16 Å². The summed E-state index contributed by atoms with van der Waals surface area (Å²) in [5.74, 6) is -0.0687. The molecule has 110 valence electrons. The van der Waals surface area contributed by atoms with Gasteiger partial charge < -0.3 is 4.57 Å². The number of hydrogen-bond acceptors (Lipinski definition) is 3. The van der Waals surface area contributed by atoms with Crippen molar-refractivity contribution in [3.05, 3.63) is 59.4 Å². The molecular formula is C16H12FN3OS. The summed E-state index contributed by atoms with van der Waals surface area (Å²) < 4.78 is 27.5. The third-order valence-corrected chi connectivity index (χ3v) is 4.75. The monoisotopic (exact) mass is 313 g/mol. The van der Waals surface area contributed by atoms with Crippen LogP contribution >= 0.6 is 0 Å². The number of fused-ring (bicyclic) bond motifs is 1. The lowest BCUT2D eigenvalue weighted by molar-refractivity contribution is 0.629. The highest BCUT2D eigenvalue weighted by atomic mass is 32.2. The molecule has 0 spiro atoms. The highest BCUT2D eigenvalue weighted by Crippen LogP contribution is 2.20. The summed E-state index contributed by atoms with van der Waals surface area (Å²) in [7, 11) is 0.416. The maximum atomic E-state index is 13.2. The first kappa shape index (κ1) is 14.4. The minimum absolute atomic E-state index is 0.297. The average molecular weight is 313 g/mol. The largest absolute Gasteiger partial charge is 0.320 e. The van der Waals surface area contributed by atoms with Crippen LogP contribution < -0.4 is 0 Å². The molecule has 0 radical (unpaired) electrons. The Kier molecular flexibility index (Phi) is 3.73. The van der Waals surface area contributed by atoms with Crippen molar-refractivity contribution in [3.8, 4) is 6.07 Å². The van der Waals surface area contributed by atoms with Gasteiger partial charge in [0.25, 0.3) is 0 Å². The van der Waals surface area contributed by atoms with Crippen molar-refractivity contribution in [2.75, 3.05) is 0 Å². The van der Waals surface area contributed by atoms with Crippen molar-refractivity contribution in [1.29, 1.82) is 5.26 Å². The summed E-state index contributed by atoms with van der Waals surface area (Å²) in [5, 5.41) is 9.18. The summed E-state index contributed by atoms with van der Waals surface area (Å²) in [5.41, 5.74) is 2.65. The first-order valence-corrected chi connectivity index (χ1v) is 7.90. The second-order valence-electron chi connectivity index (χ2n) is 4.89. The molecule has 1 atom stereocenters. The molecule has 0 bridgehead atoms. The Morgan fingerprint density at radius 3 is 2.68 bits per heavy atom. The van der Waals surface area contributed by atoms with Gasteiger partial charge in [-0.3, -0.25) is 4.21 Å². The van der Waals surface area contributed by atoms with E-state index in [0.717, 1.165) is 11.1 Å². The van der Waals surface area contributed by atoms with Gasteiger partial charge in [-0.2, -0.15) is 5.26 Å². The van der Waals surface area contributed by atoms with Crippen LogP contribution in [0.4, 0.5) is 4.39 Å². The van der Waals surface area contributed by atoms with Gasteiger partial charge in [0.05, 0.1) is 39.2 Å². The van der Waals surface area contributed by atoms with E-state index in [9.17, 15) is 8.60 Å². The molecule has 0 aliphatic rings. The van der Waals surface area contributed by atoms with Gasteiger partial charge in [-0.1, -0.05) is 12.1 Å². The van der Waals surface area contributed by atoms with E-state index in [1.807, 2.05) is 6.07 Å². The molecule has 0 saturated carbocycles. The second kappa shape index (κ2) is 5.70. The molecule has 0 N–H and O–H groups in total. The first-order chi connectivity index (χ1) is 10.6. The van der Waals surface area contributed by atoms with Crippen LogP contribution in [0.3, 0.4) is 0 Å². The minimum atomic E-state index is -1.35. The van der Waals surface area contributed by atoms with E-state index in [1.54, 1.807) is 41.9 Å². The average Bonchev–Trinajstić information content (AvgIpc) is 2.84. The summed E-state index contributed by atoms with van der Waals surface area (Å²) in [4.78, 5) is 4.27. The van der Waals surface area contributed by atoms with Gasteiger partial charge in [-0.05, 0) is 29.8 Å². The van der Waals surface area contributed by atoms with Gasteiger partial charge in [-0.15, -0.1) is 0 Å². The number of halogens is 1. The molecule has 22 heavy (non-hydrogen) atoms. The van der Waals surface area contributed by atoms with E-state index in [0.29, 0.717) is 22.0 Å². The number of aryl methyl sites for hydroxylation is 1. The molecule has 0 amide bonds. The van der Waals surface area contributed by atoms with Crippen LogP contribution in [0.5, 0.6) is 0 Å². The smallest absolute Gasteiger partial charge is 0.200 e. The molecule has 2 aromatic carbocycles. The van der Waals surface area contributed by atoms with Crippen LogP contribution in [0.25, 0.3) is 11.0 Å². The number of aromatic nitrogens is 2. The van der Waals surface area contributed by atoms with Crippen LogP contribution in [0.15, 0.2) is 47.6 Å². The van der Waals surface area contributed by atoms with E-state index in [1.165, 1.54) is 12.1 Å². The molecule has 1 heterocycles. The van der Waals surface area contributed by atoms with Crippen LogP contribution in [0.1, 0.15) is 11.1 Å². The summed E-state index contributed by atoms with van der Waals surface area (Å²) >= 11 is 0. The third kappa shape index (κ3) is 2.63. The number of hydrogen-bond donors (Lipinski definition) is 0. The number of rotatable bonds is 3. The number of nitrogens with zero attached hydrogens (tertiary/aromatic N) is 3. The van der Waals surface area contributed by atoms with E-state index in [4.69, 9.17) is 5.26 Å². The molecule has 0 fully saturated rings. The molecular weight excluding hydrogens is 301 g/mol. The summed E-state index contributed by atoms with van der Waals surface area (Å²) in [6.07, 6.45) is 0. The Morgan fingerprint density at radius 2 is 2.00 bits per heavy atom. The Morgan fingerprint density at radius 1 is 1.27 bits per heavy atom. The van der Waals surface area contributed by atoms with Crippen LogP contribution in [0.2, 0.25) is 0 Å². The number of imidazole rings is 1. The Balaban J connectivity index is 1.91. The quantitative estimate of drug-likeness (QED) is 0.747. The first-order valence-electron chi connectivity index (χ1n) is 6.58. The van der Waals surface area contributed by atoms with Crippen molar-refractivity contribution in [2.45, 2.75) is 10.9 Å². The zero-order chi connectivity index (χ0) is 15.7. The number of nitriles is 1. The third-order valence-electron chi connectivity index (χ3n) is 3.39. The number of benzene rings is 2. The maximum absolute atomic E-state index is 13.2. The van der Waals surface area contributed by atoms with E-state index >= 15 is 0 Å². The van der Waals surface area contributed by atoms with Crippen LogP contribution in [-0.2, 0) is 23.6 Å². The fourth-order valence-electron chi connectivity index (χ4n) is 2.25. The Labute approximate surface area is 129 Å². The topological polar surface area (TPSA) is 58.7 Å². The second-order valence-corrected chi connectivity index (χ2v) is 6.23. The molecule has 3 aromatic rings. The molecule has 3 rings (SSSR count). The molecule has 1 unspecified atom stereocenters. The fraction of sp³-hybridized carbons (Fsp3) is 0.125. The minimum Gasteiger partial charge on any atom is -0.320 e. The molecule has 1 aromatic heterocycles. The van der Waals surface area contributed by atoms with Crippen molar-refractivity contribution in [2.24, 2.45) is 7.05 Å². The fourth-order valence-corrected chi connectivity index (χ4v) is 3.47. The zero-order valence-corrected chi connectivity index (χ0v) is 12.6. The normalized spacial score (nSPS) is 12.2. The molecule has 4 nitrogen and oxygen atoms in total. The van der Waals surface area contributed by atoms with E-state index in [-0.39, 0.29) is 5.82 Å². The van der Waals surface area contributed by atoms with Gasteiger partial charge in [0.2, 0.25) is 0 Å². The molecule has 6 heteroatoms. The lowest BCUT2D eigenvalue weighted by atomic mass is 10.2. The SMILES string of the molecule is Cn1c(S(=O)Cc2ccc(C#N)cc2)nc2cc(F)ccc21. The van der Waals surface area contributed by atoms with Crippen molar-refractivity contribution >= 4 is 21.8 Å². The summed E-state index contributed by atoms with van der Waals surface area (Å²) in [6, 6.07) is 13.3. The van der Waals surface area contributed by atoms with Crippen LogP contribution in [-0.4, -0.2) is 13.8 Å². The van der Waals surface area contributed by atoms with Crippen LogP contribution in [0, 0.1) is 17.1 Å². The van der Waals surface area contributed by atoms with Crippen molar-refractivity contribution in [1.82, 2.24) is 9.55 Å². The molecule has 0 aliphatic carbocycles. The predicted octanol–water partition coefficient (Wildman–Crippen LogP) is 2.89. The lowest BCUT2D eigenvalue weighted by Crippen LogP contribution is -2.04. The highest BCUT2D eigenvalue weighted by molar-refractivity contribution is 7.84. The zero-order valence-electron chi connectivity index (χ0n) is 11.8. The standard InChI is InChI=1S/C16H12FN3OS/c1-20-15-7-6-13(17)8-14(15)19-16(20)22(21)10-12-4-2-11(9-18)3-5-12/h2-8H,10H2,1H3. The van der Waals surface area contributed by atoms with Gasteiger partial charge >= 0.3 is 0 Å². The predicted molar refractivity (Wildman–Crippen MR) is 81.9 cm³/mol. The van der Waals surface area contributed by atoms with E-state index in [2.05, 4.69) is 4.98 Å². The van der Waals surface area contributed by atoms with Gasteiger partial charge in [0.1, 0.15) is 5.82 Å². The van der Waals surface area contributed by atoms with Gasteiger partial charge in [0, 0.05) is 13.1 Å². The lowest BCUT2D eigenvalue weighted by Gasteiger charge is -2.03. The Bertz CT molecular complexity index is 910.